The smallest absolute Gasteiger partial charge is 0.285 e. The fourth-order valence-corrected chi connectivity index (χ4v) is 0.268. The minimum absolute atomic E-state index is 0.0595. The van der Waals surface area contributed by atoms with Crippen LogP contribution in [0.5, 0.6) is 0 Å². The van der Waals surface area contributed by atoms with Crippen molar-refractivity contribution >= 4 is 13.4 Å². The molecule has 0 amide bonds. The monoisotopic (exact) mass is 126 g/mol. The molecule has 0 unspecified atom stereocenters. The highest BCUT2D eigenvalue weighted by Gasteiger charge is 2.11. The molecule has 9 heavy (non-hydrogen) atoms. The molecule has 0 heterocycles. The third kappa shape index (κ3) is 7.33. The topological polar surface area (TPSA) is 64.4 Å². The van der Waals surface area contributed by atoms with E-state index in [0.29, 0.717) is 0 Å². The van der Waals surface area contributed by atoms with Crippen molar-refractivity contribution in [3.63, 3.8) is 0 Å². The summed E-state index contributed by atoms with van der Waals surface area (Å²) in [4.78, 5) is 3.74. The fraction of sp³-hybridized carbons (Fsp3) is 0.800. The molecule has 0 saturated heterocycles. The van der Waals surface area contributed by atoms with Gasteiger partial charge in [-0.05, 0) is 5.31 Å². The van der Waals surface area contributed by atoms with Gasteiger partial charge in [0.05, 0.1) is 0 Å². The highest BCUT2D eigenvalue weighted by atomic mass is 14.9. The summed E-state index contributed by atoms with van der Waals surface area (Å²) in [5.41, 5.74) is 10.2. The molecular formula is C5H13BN3. The van der Waals surface area contributed by atoms with Crippen molar-refractivity contribution in [3.05, 3.63) is 0 Å². The van der Waals surface area contributed by atoms with Crippen LogP contribution in [-0.2, 0) is 0 Å². The molecule has 3 nitrogen and oxygen atoms in total. The van der Waals surface area contributed by atoms with Gasteiger partial charge in [0, 0.05) is 0 Å². The quantitative estimate of drug-likeness (QED) is 0.297. The fourth-order valence-electron chi connectivity index (χ4n) is 0.268. The van der Waals surface area contributed by atoms with Crippen molar-refractivity contribution < 1.29 is 0 Å². The summed E-state index contributed by atoms with van der Waals surface area (Å²) in [6, 6.07) is 0. The van der Waals surface area contributed by atoms with Crippen molar-refractivity contribution in [2.24, 2.45) is 16.4 Å². The van der Waals surface area contributed by atoms with Gasteiger partial charge < -0.3 is 16.4 Å². The van der Waals surface area contributed by atoms with Gasteiger partial charge in [-0.2, -0.15) is 0 Å². The van der Waals surface area contributed by atoms with E-state index in [4.69, 9.17) is 11.5 Å². The molecule has 0 atom stereocenters. The number of hydrogen-bond acceptors (Lipinski definition) is 1. The van der Waals surface area contributed by atoms with Gasteiger partial charge in [-0.25, -0.2) is 0 Å². The zero-order chi connectivity index (χ0) is 7.49. The Morgan fingerprint density at radius 2 is 1.78 bits per heavy atom. The lowest BCUT2D eigenvalue weighted by Gasteiger charge is -2.11. The van der Waals surface area contributed by atoms with Crippen LogP contribution in [0, 0.1) is 0 Å². The van der Waals surface area contributed by atoms with Gasteiger partial charge in [-0.3, -0.25) is 0 Å². The number of hydrogen-bond donors (Lipinski definition) is 2. The minimum atomic E-state index is 0.0595. The predicted molar refractivity (Wildman–Crippen MR) is 41.3 cm³/mol. The second kappa shape index (κ2) is 2.76. The third-order valence-electron chi connectivity index (χ3n) is 0.601. The van der Waals surface area contributed by atoms with E-state index in [1.807, 2.05) is 20.8 Å². The van der Waals surface area contributed by atoms with E-state index >= 15 is 0 Å². The Labute approximate surface area is 56.8 Å². The molecule has 0 aromatic heterocycles. The molecule has 0 spiro atoms. The van der Waals surface area contributed by atoms with E-state index in [1.54, 1.807) is 7.41 Å². The molecule has 0 fully saturated rings. The van der Waals surface area contributed by atoms with Crippen LogP contribution < -0.4 is 11.5 Å². The van der Waals surface area contributed by atoms with Crippen molar-refractivity contribution in [2.45, 2.75) is 26.1 Å². The number of guanidine groups is 1. The van der Waals surface area contributed by atoms with Gasteiger partial charge in [0.25, 0.3) is 7.41 Å². The van der Waals surface area contributed by atoms with Crippen LogP contribution in [-0.4, -0.2) is 13.4 Å². The average Bonchev–Trinajstić information content (AvgIpc) is 1.59. The van der Waals surface area contributed by atoms with Crippen LogP contribution in [0.4, 0.5) is 0 Å². The summed E-state index contributed by atoms with van der Waals surface area (Å²) in [7, 11) is 1.72. The summed E-state index contributed by atoms with van der Waals surface area (Å²) in [6.07, 6.45) is 0. The molecule has 4 N–H and O–H groups in total. The molecule has 0 saturated carbocycles. The summed E-state index contributed by atoms with van der Waals surface area (Å²) in [6.45, 7) is 6.08. The highest BCUT2D eigenvalue weighted by molar-refractivity contribution is 6.39. The van der Waals surface area contributed by atoms with E-state index in [0.717, 1.165) is 0 Å². The Morgan fingerprint density at radius 3 is 1.89 bits per heavy atom. The largest absolute Gasteiger partial charge is 0.371 e. The van der Waals surface area contributed by atoms with Crippen LogP contribution in [0.2, 0.25) is 5.31 Å². The zero-order valence-corrected chi connectivity index (χ0v) is 6.18. The molecule has 4 heteroatoms. The lowest BCUT2D eigenvalue weighted by atomic mass is 9.65. The Morgan fingerprint density at radius 1 is 1.33 bits per heavy atom. The predicted octanol–water partition coefficient (Wildman–Crippen LogP) is 0.0974. The third-order valence-corrected chi connectivity index (χ3v) is 0.601. The molecule has 0 aliphatic heterocycles. The first kappa shape index (κ1) is 8.33. The van der Waals surface area contributed by atoms with E-state index < -0.39 is 0 Å². The molecule has 0 rings (SSSR count). The summed E-state index contributed by atoms with van der Waals surface area (Å²) < 4.78 is 0. The van der Waals surface area contributed by atoms with Crippen LogP contribution >= 0.6 is 0 Å². The summed E-state index contributed by atoms with van der Waals surface area (Å²) in [5, 5.41) is 0.0595. The maximum atomic E-state index is 5.10. The maximum Gasteiger partial charge on any atom is 0.285 e. The zero-order valence-electron chi connectivity index (χ0n) is 6.18. The van der Waals surface area contributed by atoms with Crippen LogP contribution in [0.1, 0.15) is 20.8 Å². The van der Waals surface area contributed by atoms with E-state index in [1.165, 1.54) is 0 Å². The molecule has 0 aliphatic carbocycles. The highest BCUT2D eigenvalue weighted by Crippen LogP contribution is 2.19. The number of nitrogens with zero attached hydrogens (tertiary/aromatic N) is 1. The normalized spacial score (nSPS) is 10.6. The lowest BCUT2D eigenvalue weighted by Crippen LogP contribution is -2.25. The number of rotatable bonds is 1. The molecular weight excluding hydrogens is 113 g/mol. The van der Waals surface area contributed by atoms with Crippen molar-refractivity contribution in [2.75, 3.05) is 0 Å². The SMILES string of the molecule is CC(C)(C)[B]N=C(N)N. The van der Waals surface area contributed by atoms with Crippen molar-refractivity contribution in [1.29, 1.82) is 0 Å². The van der Waals surface area contributed by atoms with E-state index in [9.17, 15) is 0 Å². The second-order valence-corrected chi connectivity index (χ2v) is 3.05. The van der Waals surface area contributed by atoms with Gasteiger partial charge >= 0.3 is 0 Å². The minimum Gasteiger partial charge on any atom is -0.371 e. The summed E-state index contributed by atoms with van der Waals surface area (Å²) >= 11 is 0. The average molecular weight is 126 g/mol. The molecule has 0 aliphatic rings. The van der Waals surface area contributed by atoms with Gasteiger partial charge in [0.2, 0.25) is 0 Å². The number of nitrogens with two attached hydrogens (primary N) is 2. The first-order valence-corrected chi connectivity index (χ1v) is 2.85. The van der Waals surface area contributed by atoms with E-state index in [2.05, 4.69) is 4.90 Å². The Kier molecular flexibility index (Phi) is 2.55. The van der Waals surface area contributed by atoms with Crippen LogP contribution in [0.15, 0.2) is 4.90 Å². The Balaban J connectivity index is 3.64. The standard InChI is InChI=1S/C5H13BN3/c1-5(2,3)6-9-4(7)8/h1-3H3,(H4,7,8,9). The Bertz CT molecular complexity index is 110. The molecule has 0 aromatic rings. The van der Waals surface area contributed by atoms with Gasteiger partial charge in [-0.1, -0.05) is 20.8 Å². The molecule has 51 valence electrons. The lowest BCUT2D eigenvalue weighted by molar-refractivity contribution is 0.752. The maximum absolute atomic E-state index is 5.10. The first-order chi connectivity index (χ1) is 3.92. The summed E-state index contributed by atoms with van der Waals surface area (Å²) in [5.74, 6) is 0.116. The van der Waals surface area contributed by atoms with Crippen LogP contribution in [0.3, 0.4) is 0 Å². The molecule has 0 bridgehead atoms. The molecule has 1 radical (unpaired) electrons. The van der Waals surface area contributed by atoms with Gasteiger partial charge in [0.15, 0.2) is 5.96 Å². The Hall–Kier alpha value is -0.665. The van der Waals surface area contributed by atoms with Gasteiger partial charge in [-0.15, -0.1) is 0 Å². The van der Waals surface area contributed by atoms with Crippen LogP contribution in [0.25, 0.3) is 0 Å². The van der Waals surface area contributed by atoms with Gasteiger partial charge in [0.1, 0.15) is 0 Å². The molecule has 0 aromatic carbocycles. The second-order valence-electron chi connectivity index (χ2n) is 3.05. The van der Waals surface area contributed by atoms with Crippen molar-refractivity contribution in [3.8, 4) is 0 Å². The van der Waals surface area contributed by atoms with Crippen molar-refractivity contribution in [1.82, 2.24) is 0 Å². The first-order valence-electron chi connectivity index (χ1n) is 2.85. The van der Waals surface area contributed by atoms with E-state index in [-0.39, 0.29) is 11.3 Å².